The van der Waals surface area contributed by atoms with Gasteiger partial charge in [-0.15, -0.1) is 0 Å². The predicted octanol–water partition coefficient (Wildman–Crippen LogP) is 1.48. The summed E-state index contributed by atoms with van der Waals surface area (Å²) in [6, 6.07) is 7.36. The third-order valence-electron chi connectivity index (χ3n) is 4.41. The number of hydrogen-bond acceptors (Lipinski definition) is 3. The molecule has 0 bridgehead atoms. The maximum absolute atomic E-state index is 12.3. The molecule has 4 nitrogen and oxygen atoms in total. The molecule has 5 heteroatoms. The predicted molar refractivity (Wildman–Crippen MR) is 79.1 cm³/mol. The standard InChI is InChI=1S/C15H22N2O2S/c1-15(2,3)10-4-6-11(7-5-10)20(18,19)17-14-12-8-16-9-13(12)14/h4-7,12-14,16-17H,8-9H2,1-3H3. The van der Waals surface area contributed by atoms with Crippen LogP contribution in [-0.2, 0) is 15.4 Å². The Morgan fingerprint density at radius 2 is 1.65 bits per heavy atom. The fraction of sp³-hybridized carbons (Fsp3) is 0.600. The summed E-state index contributed by atoms with van der Waals surface area (Å²) in [5, 5.41) is 3.27. The van der Waals surface area contributed by atoms with Gasteiger partial charge < -0.3 is 5.32 Å². The molecule has 0 radical (unpaired) electrons. The van der Waals surface area contributed by atoms with E-state index in [2.05, 4.69) is 30.8 Å². The fourth-order valence-electron chi connectivity index (χ4n) is 2.97. The minimum Gasteiger partial charge on any atom is -0.316 e. The first-order valence-electron chi connectivity index (χ1n) is 7.13. The molecule has 0 aromatic heterocycles. The van der Waals surface area contributed by atoms with Gasteiger partial charge in [-0.1, -0.05) is 32.9 Å². The molecule has 0 amide bonds. The lowest BCUT2D eigenvalue weighted by Gasteiger charge is -2.19. The first-order chi connectivity index (χ1) is 9.29. The number of rotatable bonds is 3. The summed E-state index contributed by atoms with van der Waals surface area (Å²) in [7, 11) is -3.38. The molecule has 3 rings (SSSR count). The van der Waals surface area contributed by atoms with Crippen molar-refractivity contribution in [2.75, 3.05) is 13.1 Å². The number of piperidine rings is 1. The van der Waals surface area contributed by atoms with Crippen LogP contribution < -0.4 is 10.0 Å². The third-order valence-corrected chi connectivity index (χ3v) is 5.89. The normalized spacial score (nSPS) is 29.2. The second-order valence-electron chi connectivity index (χ2n) is 6.91. The molecule has 2 N–H and O–H groups in total. The summed E-state index contributed by atoms with van der Waals surface area (Å²) in [6.45, 7) is 8.22. The van der Waals surface area contributed by atoms with Crippen LogP contribution in [0.4, 0.5) is 0 Å². The Kier molecular flexibility index (Phi) is 3.19. The molecule has 1 saturated carbocycles. The molecule has 20 heavy (non-hydrogen) atoms. The van der Waals surface area contributed by atoms with Crippen molar-refractivity contribution in [3.05, 3.63) is 29.8 Å². The Balaban J connectivity index is 1.74. The van der Waals surface area contributed by atoms with Gasteiger partial charge in [0.2, 0.25) is 10.0 Å². The van der Waals surface area contributed by atoms with Crippen molar-refractivity contribution >= 4 is 10.0 Å². The summed E-state index contributed by atoms with van der Waals surface area (Å²) < 4.78 is 27.5. The molecule has 1 aliphatic carbocycles. The molecule has 1 aliphatic heterocycles. The van der Waals surface area contributed by atoms with Crippen molar-refractivity contribution in [3.63, 3.8) is 0 Å². The molecule has 1 aromatic rings. The average molecular weight is 294 g/mol. The Labute approximate surface area is 121 Å². The maximum Gasteiger partial charge on any atom is 0.240 e. The van der Waals surface area contributed by atoms with Gasteiger partial charge in [-0.3, -0.25) is 0 Å². The van der Waals surface area contributed by atoms with Crippen LogP contribution in [0.5, 0.6) is 0 Å². The third kappa shape index (κ3) is 2.50. The fourth-order valence-corrected chi connectivity index (χ4v) is 4.31. The highest BCUT2D eigenvalue weighted by molar-refractivity contribution is 7.89. The van der Waals surface area contributed by atoms with Crippen molar-refractivity contribution in [3.8, 4) is 0 Å². The highest BCUT2D eigenvalue weighted by atomic mass is 32.2. The van der Waals surface area contributed by atoms with E-state index in [1.54, 1.807) is 12.1 Å². The molecule has 0 spiro atoms. The lowest BCUT2D eigenvalue weighted by molar-refractivity contribution is 0.564. The average Bonchev–Trinajstić information content (AvgIpc) is 2.82. The summed E-state index contributed by atoms with van der Waals surface area (Å²) in [5.74, 6) is 0.970. The van der Waals surface area contributed by atoms with Crippen LogP contribution in [0.1, 0.15) is 26.3 Å². The van der Waals surface area contributed by atoms with Gasteiger partial charge in [-0.05, 0) is 48.0 Å². The van der Waals surface area contributed by atoms with Crippen LogP contribution in [0.15, 0.2) is 29.2 Å². The molecule has 2 aliphatic rings. The van der Waals surface area contributed by atoms with E-state index in [4.69, 9.17) is 0 Å². The zero-order chi connectivity index (χ0) is 14.5. The second kappa shape index (κ2) is 4.55. The zero-order valence-corrected chi connectivity index (χ0v) is 13.0. The number of benzene rings is 1. The quantitative estimate of drug-likeness (QED) is 0.888. The lowest BCUT2D eigenvalue weighted by atomic mass is 9.87. The largest absolute Gasteiger partial charge is 0.316 e. The van der Waals surface area contributed by atoms with Crippen molar-refractivity contribution in [1.82, 2.24) is 10.0 Å². The summed E-state index contributed by atoms with van der Waals surface area (Å²) in [4.78, 5) is 0.364. The molecular formula is C15H22N2O2S. The van der Waals surface area contributed by atoms with Gasteiger partial charge in [0.1, 0.15) is 0 Å². The van der Waals surface area contributed by atoms with Gasteiger partial charge >= 0.3 is 0 Å². The SMILES string of the molecule is CC(C)(C)c1ccc(S(=O)(=O)NC2C3CNCC32)cc1. The molecule has 2 atom stereocenters. The molecule has 2 fully saturated rings. The second-order valence-corrected chi connectivity index (χ2v) is 8.62. The molecule has 1 saturated heterocycles. The number of nitrogens with one attached hydrogen (secondary N) is 2. The smallest absolute Gasteiger partial charge is 0.240 e. The summed E-state index contributed by atoms with van der Waals surface area (Å²) >= 11 is 0. The molecule has 1 heterocycles. The number of sulfonamides is 1. The Hall–Kier alpha value is -0.910. The Morgan fingerprint density at radius 1 is 1.10 bits per heavy atom. The summed E-state index contributed by atoms with van der Waals surface area (Å²) in [6.07, 6.45) is 0. The van der Waals surface area contributed by atoms with Crippen LogP contribution in [-0.4, -0.2) is 27.5 Å². The highest BCUT2D eigenvalue weighted by Gasteiger charge is 2.54. The Bertz CT molecular complexity index is 592. The van der Waals surface area contributed by atoms with Crippen molar-refractivity contribution in [2.24, 2.45) is 11.8 Å². The highest BCUT2D eigenvalue weighted by Crippen LogP contribution is 2.42. The van der Waals surface area contributed by atoms with E-state index >= 15 is 0 Å². The van der Waals surface area contributed by atoms with Crippen molar-refractivity contribution in [1.29, 1.82) is 0 Å². The Morgan fingerprint density at radius 3 is 2.15 bits per heavy atom. The number of fused-ring (bicyclic) bond motifs is 1. The first kappa shape index (κ1) is 14.0. The van der Waals surface area contributed by atoms with Gasteiger partial charge in [0.05, 0.1) is 4.90 Å². The van der Waals surface area contributed by atoms with Crippen LogP contribution in [0.25, 0.3) is 0 Å². The minimum absolute atomic E-state index is 0.0366. The molecular weight excluding hydrogens is 272 g/mol. The summed E-state index contributed by atoms with van der Waals surface area (Å²) in [5.41, 5.74) is 1.18. The molecule has 2 unspecified atom stereocenters. The lowest BCUT2D eigenvalue weighted by Crippen LogP contribution is -2.32. The van der Waals surface area contributed by atoms with Gasteiger partial charge in [-0.2, -0.15) is 0 Å². The van der Waals surface area contributed by atoms with Crippen LogP contribution >= 0.6 is 0 Å². The van der Waals surface area contributed by atoms with E-state index in [9.17, 15) is 8.42 Å². The molecule has 110 valence electrons. The van der Waals surface area contributed by atoms with Crippen LogP contribution in [0.3, 0.4) is 0 Å². The van der Waals surface area contributed by atoms with E-state index in [1.807, 2.05) is 12.1 Å². The van der Waals surface area contributed by atoms with Crippen LogP contribution in [0.2, 0.25) is 0 Å². The van der Waals surface area contributed by atoms with Crippen LogP contribution in [0, 0.1) is 11.8 Å². The monoisotopic (exact) mass is 294 g/mol. The minimum atomic E-state index is -3.38. The molecule has 1 aromatic carbocycles. The van der Waals surface area contributed by atoms with E-state index < -0.39 is 10.0 Å². The van der Waals surface area contributed by atoms with Crippen molar-refractivity contribution < 1.29 is 8.42 Å². The van der Waals surface area contributed by atoms with Crippen molar-refractivity contribution in [2.45, 2.75) is 37.1 Å². The van der Waals surface area contributed by atoms with E-state index in [0.29, 0.717) is 16.7 Å². The number of hydrogen-bond donors (Lipinski definition) is 2. The zero-order valence-electron chi connectivity index (χ0n) is 12.2. The van der Waals surface area contributed by atoms with Gasteiger partial charge in [0.25, 0.3) is 0 Å². The van der Waals surface area contributed by atoms with Gasteiger partial charge in [0, 0.05) is 6.04 Å². The van der Waals surface area contributed by atoms with Gasteiger partial charge in [0.15, 0.2) is 0 Å². The first-order valence-corrected chi connectivity index (χ1v) is 8.61. The van der Waals surface area contributed by atoms with E-state index in [-0.39, 0.29) is 11.5 Å². The van der Waals surface area contributed by atoms with E-state index in [1.165, 1.54) is 0 Å². The van der Waals surface area contributed by atoms with E-state index in [0.717, 1.165) is 18.7 Å². The topological polar surface area (TPSA) is 58.2 Å². The maximum atomic E-state index is 12.3. The van der Waals surface area contributed by atoms with Gasteiger partial charge in [-0.25, -0.2) is 13.1 Å².